The van der Waals surface area contributed by atoms with Crippen molar-refractivity contribution in [2.24, 2.45) is 0 Å². The van der Waals surface area contributed by atoms with E-state index < -0.39 is 16.9 Å². The molecule has 4 aromatic heterocycles. The highest BCUT2D eigenvalue weighted by atomic mass is 31.2. The van der Waals surface area contributed by atoms with Gasteiger partial charge in [0.15, 0.2) is 23.5 Å². The highest BCUT2D eigenvalue weighted by molar-refractivity contribution is 7.50. The first-order chi connectivity index (χ1) is 28.3. The van der Waals surface area contributed by atoms with E-state index in [-0.39, 0.29) is 0 Å². The second-order valence-corrected chi connectivity index (χ2v) is 16.5. The van der Waals surface area contributed by atoms with E-state index >= 15 is 0 Å². The Bertz CT molecular complexity index is 2520. The normalized spacial score (nSPS) is 11.4. The van der Waals surface area contributed by atoms with Gasteiger partial charge in [0.05, 0.1) is 28.4 Å². The van der Waals surface area contributed by atoms with Crippen molar-refractivity contribution in [2.45, 2.75) is 13.8 Å². The summed E-state index contributed by atoms with van der Waals surface area (Å²) in [6, 6.07) is 32.5. The molecule has 0 amide bonds. The van der Waals surface area contributed by atoms with Gasteiger partial charge in [-0.1, -0.05) is 49.6 Å². The summed E-state index contributed by atoms with van der Waals surface area (Å²) in [6.07, 6.45) is 11.6. The van der Waals surface area contributed by atoms with Gasteiger partial charge in [-0.2, -0.15) is 0 Å². The summed E-state index contributed by atoms with van der Waals surface area (Å²) in [6.45, 7) is 12.4. The zero-order valence-electron chi connectivity index (χ0n) is 33.2. The van der Waals surface area contributed by atoms with Crippen LogP contribution < -0.4 is 28.0 Å². The molecule has 10 nitrogen and oxygen atoms in total. The molecule has 0 spiro atoms. The van der Waals surface area contributed by atoms with Gasteiger partial charge in [0.1, 0.15) is 11.5 Å². The summed E-state index contributed by atoms with van der Waals surface area (Å²) in [5, 5.41) is 4.09. The zero-order valence-corrected chi connectivity index (χ0v) is 35.0. The number of hydrogen-bond acceptors (Lipinski definition) is 6. The minimum absolute atomic E-state index is 0.644. The zero-order chi connectivity index (χ0) is 40.5. The van der Waals surface area contributed by atoms with Crippen molar-refractivity contribution in [3.8, 4) is 46.1 Å². The average Bonchev–Trinajstić information content (AvgIpc) is 4.10. The Kier molecular flexibility index (Phi) is 10.8. The minimum Gasteiger partial charge on any atom is -0.482 e. The molecule has 0 aliphatic heterocycles. The van der Waals surface area contributed by atoms with E-state index in [1.54, 1.807) is 28.4 Å². The van der Waals surface area contributed by atoms with Crippen LogP contribution in [0.5, 0.6) is 35.0 Å². The van der Waals surface area contributed by atoms with Crippen molar-refractivity contribution in [3.05, 3.63) is 157 Å². The van der Waals surface area contributed by atoms with Gasteiger partial charge in [0.25, 0.3) is 0 Å². The van der Waals surface area contributed by atoms with Crippen LogP contribution in [0.4, 0.5) is 0 Å². The van der Waals surface area contributed by atoms with Crippen molar-refractivity contribution in [1.82, 2.24) is 17.4 Å². The molecule has 0 bridgehead atoms. The number of ether oxygens (including phenoxy) is 4. The van der Waals surface area contributed by atoms with E-state index in [9.17, 15) is 0 Å². The summed E-state index contributed by atoms with van der Waals surface area (Å²) >= 11 is 0. The molecule has 0 fully saturated rings. The third kappa shape index (κ3) is 6.78. The third-order valence-corrected chi connectivity index (χ3v) is 13.6. The highest BCUT2D eigenvalue weighted by Crippen LogP contribution is 2.56. The molecule has 0 N–H and O–H groups in total. The number of aryl methyl sites for hydroxylation is 2. The molecule has 0 aliphatic rings. The minimum atomic E-state index is -1.67. The number of methoxy groups -OCH3 is 4. The fourth-order valence-electron chi connectivity index (χ4n) is 7.28. The summed E-state index contributed by atoms with van der Waals surface area (Å²) < 4.78 is 46.3. The van der Waals surface area contributed by atoms with Crippen molar-refractivity contribution in [1.29, 1.82) is 0 Å². The third-order valence-electron chi connectivity index (χ3n) is 10.1. The molecule has 0 aliphatic carbocycles. The van der Waals surface area contributed by atoms with Crippen LogP contribution in [-0.2, 0) is 0 Å². The molecule has 4 aromatic carbocycles. The maximum Gasteiger partial charge on any atom is 0.323 e. The number of fused-ring (bicyclic) bond motifs is 2. The van der Waals surface area contributed by atoms with Crippen molar-refractivity contribution >= 4 is 50.6 Å². The Morgan fingerprint density at radius 3 is 1.07 bits per heavy atom. The summed E-state index contributed by atoms with van der Waals surface area (Å²) in [4.78, 5) is 0. The molecule has 8 aromatic rings. The standard InChI is InChI=1S/C46H44N4O6P2/c1-9-33-19-21-35-37(29-33)31(3)27-39(55-57(47-23-11-15-41(47)51-5)48-24-12-16-42(48)52-6)45(35)46-36-22-20-34(10-2)30-38(36)32(4)28-40(46)56-58(49-25-13-17-43(49)53-7)50-26-14-18-44(50)54-8/h9-30H,1-2H2,3-8H3. The quantitative estimate of drug-likeness (QED) is 0.0960. The van der Waals surface area contributed by atoms with Gasteiger partial charge in [-0.15, -0.1) is 0 Å². The lowest BCUT2D eigenvalue weighted by Crippen LogP contribution is -2.10. The lowest BCUT2D eigenvalue weighted by atomic mass is 9.88. The Hall–Kier alpha value is -6.34. The van der Waals surface area contributed by atoms with Crippen LogP contribution in [-0.4, -0.2) is 45.8 Å². The van der Waals surface area contributed by atoms with E-state index in [1.807, 2.05) is 103 Å². The molecule has 0 saturated heterocycles. The molecule has 0 radical (unpaired) electrons. The lowest BCUT2D eigenvalue weighted by Gasteiger charge is -2.28. The monoisotopic (exact) mass is 810 g/mol. The van der Waals surface area contributed by atoms with Gasteiger partial charge < -0.3 is 28.0 Å². The number of benzene rings is 4. The van der Waals surface area contributed by atoms with Crippen LogP contribution in [0.15, 0.2) is 135 Å². The molecule has 58 heavy (non-hydrogen) atoms. The van der Waals surface area contributed by atoms with Crippen LogP contribution >= 0.6 is 16.9 Å². The molecule has 8 rings (SSSR count). The molecule has 0 atom stereocenters. The average molecular weight is 811 g/mol. The van der Waals surface area contributed by atoms with Gasteiger partial charge in [-0.25, -0.2) is 17.4 Å². The maximum absolute atomic E-state index is 7.41. The Labute approximate surface area is 340 Å². The molecule has 12 heteroatoms. The second kappa shape index (κ2) is 16.3. The first kappa shape index (κ1) is 38.5. The largest absolute Gasteiger partial charge is 0.482 e. The summed E-state index contributed by atoms with van der Waals surface area (Å²) in [5.41, 5.74) is 5.82. The molecular formula is C46H44N4O6P2. The fraction of sp³-hybridized carbons (Fsp3) is 0.130. The topological polar surface area (TPSA) is 75.1 Å². The smallest absolute Gasteiger partial charge is 0.323 e. The predicted molar refractivity (Wildman–Crippen MR) is 237 cm³/mol. The van der Waals surface area contributed by atoms with E-state index in [0.29, 0.717) is 35.0 Å². The molecule has 0 saturated carbocycles. The van der Waals surface area contributed by atoms with Crippen LogP contribution in [0.3, 0.4) is 0 Å². The SMILES string of the molecule is C=Cc1ccc2c(-c3c(OP(n4cccc4OC)n4cccc4OC)cc(C)c4cc(C=C)ccc34)c(OP(n3cccc3OC)n3cccc3OC)cc(C)c2c1. The van der Waals surface area contributed by atoms with Crippen LogP contribution in [0.2, 0.25) is 0 Å². The van der Waals surface area contributed by atoms with E-state index in [4.69, 9.17) is 28.0 Å². The molecule has 0 unspecified atom stereocenters. The van der Waals surface area contributed by atoms with Crippen molar-refractivity contribution in [2.75, 3.05) is 28.4 Å². The first-order valence-electron chi connectivity index (χ1n) is 18.5. The number of nitrogens with zero attached hydrogens (tertiary/aromatic N) is 4. The summed E-state index contributed by atoms with van der Waals surface area (Å²) in [5.74, 6) is 3.88. The van der Waals surface area contributed by atoms with Crippen molar-refractivity contribution < 1.29 is 28.0 Å². The lowest BCUT2D eigenvalue weighted by molar-refractivity contribution is 0.384. The van der Waals surface area contributed by atoms with E-state index in [1.165, 1.54) is 0 Å². The van der Waals surface area contributed by atoms with Crippen molar-refractivity contribution in [3.63, 3.8) is 0 Å². The van der Waals surface area contributed by atoms with Gasteiger partial charge >= 0.3 is 16.9 Å². The first-order valence-corrected chi connectivity index (χ1v) is 20.9. The Balaban J connectivity index is 1.46. The van der Waals surface area contributed by atoms with E-state index in [0.717, 1.165) is 54.9 Å². The fourth-order valence-corrected chi connectivity index (χ4v) is 10.7. The van der Waals surface area contributed by atoms with Gasteiger partial charge in [-0.3, -0.25) is 0 Å². The Morgan fingerprint density at radius 1 is 0.448 bits per heavy atom. The molecule has 4 heterocycles. The summed E-state index contributed by atoms with van der Waals surface area (Å²) in [7, 11) is 3.30. The Morgan fingerprint density at radius 2 is 0.776 bits per heavy atom. The molecule has 294 valence electrons. The van der Waals surface area contributed by atoms with Crippen LogP contribution in [0, 0.1) is 13.8 Å². The highest BCUT2D eigenvalue weighted by Gasteiger charge is 2.30. The maximum atomic E-state index is 7.41. The number of hydrogen-bond donors (Lipinski definition) is 0. The second-order valence-electron chi connectivity index (χ2n) is 13.4. The van der Waals surface area contributed by atoms with Crippen LogP contribution in [0.25, 0.3) is 44.8 Å². The molecular weight excluding hydrogens is 766 g/mol. The van der Waals surface area contributed by atoms with E-state index in [2.05, 4.69) is 75.5 Å². The number of rotatable bonds is 15. The van der Waals surface area contributed by atoms with Gasteiger partial charge in [0.2, 0.25) is 0 Å². The predicted octanol–water partition coefficient (Wildman–Crippen LogP) is 12.2. The van der Waals surface area contributed by atoms with Crippen LogP contribution in [0.1, 0.15) is 22.3 Å². The van der Waals surface area contributed by atoms with Gasteiger partial charge in [0, 0.05) is 60.2 Å². The number of aromatic nitrogens is 4. The van der Waals surface area contributed by atoms with Gasteiger partial charge in [-0.05, 0) is 106 Å².